The fraction of sp³-hybridized carbons (Fsp3) is 0. The SMILES string of the molecule is NC(=O)c1cccc(Nc2cccc3cccnc23)c1N. The van der Waals surface area contributed by atoms with Gasteiger partial charge in [-0.25, -0.2) is 0 Å². The van der Waals surface area contributed by atoms with Crippen LogP contribution in [0.4, 0.5) is 17.1 Å². The number of amides is 1. The quantitative estimate of drug-likeness (QED) is 0.642. The second-order valence-corrected chi connectivity index (χ2v) is 4.64. The Kier molecular flexibility index (Phi) is 3.16. The molecule has 0 spiro atoms. The fourth-order valence-electron chi connectivity index (χ4n) is 2.24. The van der Waals surface area contributed by atoms with Gasteiger partial charge in [0.2, 0.25) is 0 Å². The maximum Gasteiger partial charge on any atom is 0.250 e. The summed E-state index contributed by atoms with van der Waals surface area (Å²) in [4.78, 5) is 15.7. The number of carbonyl (C=O) groups is 1. The van der Waals surface area contributed by atoms with Gasteiger partial charge in [-0.3, -0.25) is 9.78 Å². The summed E-state index contributed by atoms with van der Waals surface area (Å²) in [7, 11) is 0. The molecule has 3 rings (SSSR count). The Morgan fingerprint density at radius 3 is 2.52 bits per heavy atom. The minimum atomic E-state index is -0.549. The number of fused-ring (bicyclic) bond motifs is 1. The molecule has 0 saturated carbocycles. The number of benzene rings is 2. The van der Waals surface area contributed by atoms with Crippen molar-refractivity contribution in [2.24, 2.45) is 5.73 Å². The molecule has 1 aromatic heterocycles. The molecular formula is C16H14N4O. The lowest BCUT2D eigenvalue weighted by atomic mass is 10.1. The van der Waals surface area contributed by atoms with Gasteiger partial charge in [-0.1, -0.05) is 24.3 Å². The molecule has 0 aliphatic carbocycles. The average molecular weight is 278 g/mol. The third-order valence-corrected chi connectivity index (χ3v) is 3.27. The molecule has 0 atom stereocenters. The molecule has 5 N–H and O–H groups in total. The van der Waals surface area contributed by atoms with Crippen LogP contribution in [0.5, 0.6) is 0 Å². The molecule has 5 heteroatoms. The summed E-state index contributed by atoms with van der Waals surface area (Å²) in [5.41, 5.74) is 14.2. The fourth-order valence-corrected chi connectivity index (χ4v) is 2.24. The first-order valence-corrected chi connectivity index (χ1v) is 6.46. The number of nitrogen functional groups attached to an aromatic ring is 1. The Morgan fingerprint density at radius 1 is 1.00 bits per heavy atom. The van der Waals surface area contributed by atoms with Crippen molar-refractivity contribution in [3.8, 4) is 0 Å². The molecule has 104 valence electrons. The Bertz CT molecular complexity index is 824. The monoisotopic (exact) mass is 278 g/mol. The van der Waals surface area contributed by atoms with E-state index >= 15 is 0 Å². The molecule has 0 radical (unpaired) electrons. The number of primary amides is 1. The molecule has 0 aliphatic heterocycles. The molecule has 2 aromatic carbocycles. The van der Waals surface area contributed by atoms with E-state index in [2.05, 4.69) is 10.3 Å². The van der Waals surface area contributed by atoms with Crippen molar-refractivity contribution in [3.05, 3.63) is 60.3 Å². The minimum absolute atomic E-state index is 0.299. The highest BCUT2D eigenvalue weighted by atomic mass is 16.1. The van der Waals surface area contributed by atoms with Crippen molar-refractivity contribution < 1.29 is 4.79 Å². The zero-order chi connectivity index (χ0) is 14.8. The highest BCUT2D eigenvalue weighted by molar-refractivity contribution is 6.02. The molecule has 0 aliphatic rings. The maximum atomic E-state index is 11.3. The van der Waals surface area contributed by atoms with Crippen molar-refractivity contribution in [3.63, 3.8) is 0 Å². The number of nitrogens with two attached hydrogens (primary N) is 2. The van der Waals surface area contributed by atoms with Crippen LogP contribution in [-0.2, 0) is 0 Å². The van der Waals surface area contributed by atoms with Gasteiger partial charge < -0.3 is 16.8 Å². The molecule has 0 unspecified atom stereocenters. The minimum Gasteiger partial charge on any atom is -0.396 e. The topological polar surface area (TPSA) is 94.0 Å². The van der Waals surface area contributed by atoms with Crippen molar-refractivity contribution in [2.45, 2.75) is 0 Å². The molecule has 5 nitrogen and oxygen atoms in total. The lowest BCUT2D eigenvalue weighted by molar-refractivity contribution is 0.100. The zero-order valence-electron chi connectivity index (χ0n) is 11.2. The third-order valence-electron chi connectivity index (χ3n) is 3.27. The van der Waals surface area contributed by atoms with Gasteiger partial charge in [0.05, 0.1) is 28.1 Å². The Morgan fingerprint density at radius 2 is 1.71 bits per heavy atom. The van der Waals surface area contributed by atoms with E-state index in [-0.39, 0.29) is 0 Å². The Balaban J connectivity index is 2.07. The van der Waals surface area contributed by atoms with E-state index < -0.39 is 5.91 Å². The van der Waals surface area contributed by atoms with Crippen molar-refractivity contribution in [1.82, 2.24) is 4.98 Å². The summed E-state index contributed by atoms with van der Waals surface area (Å²) in [5, 5.41) is 4.24. The molecule has 1 heterocycles. The smallest absolute Gasteiger partial charge is 0.250 e. The maximum absolute atomic E-state index is 11.3. The number of anilines is 3. The van der Waals surface area contributed by atoms with Crippen molar-refractivity contribution >= 4 is 33.9 Å². The zero-order valence-corrected chi connectivity index (χ0v) is 11.2. The summed E-state index contributed by atoms with van der Waals surface area (Å²) in [6, 6.07) is 14.8. The van der Waals surface area contributed by atoms with E-state index in [1.54, 1.807) is 24.4 Å². The number of hydrogen-bond donors (Lipinski definition) is 3. The molecule has 3 aromatic rings. The first-order chi connectivity index (χ1) is 10.2. The van der Waals surface area contributed by atoms with Crippen LogP contribution in [0.1, 0.15) is 10.4 Å². The van der Waals surface area contributed by atoms with Crippen LogP contribution in [0.3, 0.4) is 0 Å². The van der Waals surface area contributed by atoms with Gasteiger partial charge in [0.1, 0.15) is 0 Å². The largest absolute Gasteiger partial charge is 0.396 e. The summed E-state index contributed by atoms with van der Waals surface area (Å²) < 4.78 is 0. The number of aromatic nitrogens is 1. The number of rotatable bonds is 3. The van der Waals surface area contributed by atoms with E-state index in [1.807, 2.05) is 30.3 Å². The van der Waals surface area contributed by atoms with Gasteiger partial charge >= 0.3 is 0 Å². The molecule has 0 fully saturated rings. The van der Waals surface area contributed by atoms with Gasteiger partial charge in [-0.2, -0.15) is 0 Å². The first kappa shape index (κ1) is 12.9. The number of para-hydroxylation sites is 2. The van der Waals surface area contributed by atoms with E-state index in [9.17, 15) is 4.79 Å². The Labute approximate surface area is 121 Å². The van der Waals surface area contributed by atoms with Gasteiger partial charge in [0, 0.05) is 11.6 Å². The molecule has 1 amide bonds. The molecule has 0 saturated heterocycles. The van der Waals surface area contributed by atoms with Crippen LogP contribution in [0.15, 0.2) is 54.7 Å². The van der Waals surface area contributed by atoms with Crippen LogP contribution >= 0.6 is 0 Å². The molecular weight excluding hydrogens is 264 g/mol. The van der Waals surface area contributed by atoms with E-state index in [4.69, 9.17) is 11.5 Å². The summed E-state index contributed by atoms with van der Waals surface area (Å²) in [5.74, 6) is -0.549. The lowest BCUT2D eigenvalue weighted by Crippen LogP contribution is -2.14. The van der Waals surface area contributed by atoms with Gasteiger partial charge in [0.15, 0.2) is 0 Å². The predicted octanol–water partition coefficient (Wildman–Crippen LogP) is 2.66. The Hall–Kier alpha value is -3.08. The third kappa shape index (κ3) is 2.36. The molecule has 21 heavy (non-hydrogen) atoms. The van der Waals surface area contributed by atoms with E-state index in [1.165, 1.54) is 0 Å². The van der Waals surface area contributed by atoms with Gasteiger partial charge in [-0.15, -0.1) is 0 Å². The standard InChI is InChI=1S/C16H14N4O/c17-14-11(16(18)21)6-2-7-12(14)20-13-8-1-4-10-5-3-9-19-15(10)13/h1-9,20H,17H2,(H2,18,21). The summed E-state index contributed by atoms with van der Waals surface area (Å²) in [6.45, 7) is 0. The lowest BCUT2D eigenvalue weighted by Gasteiger charge is -2.13. The van der Waals surface area contributed by atoms with Gasteiger partial charge in [0.25, 0.3) is 5.91 Å². The highest BCUT2D eigenvalue weighted by Crippen LogP contribution is 2.29. The second-order valence-electron chi connectivity index (χ2n) is 4.64. The number of carbonyl (C=O) groups excluding carboxylic acids is 1. The normalized spacial score (nSPS) is 10.5. The van der Waals surface area contributed by atoms with E-state index in [0.29, 0.717) is 16.9 Å². The van der Waals surface area contributed by atoms with Crippen molar-refractivity contribution in [1.29, 1.82) is 0 Å². The van der Waals surface area contributed by atoms with E-state index in [0.717, 1.165) is 16.6 Å². The number of nitrogens with one attached hydrogen (secondary N) is 1. The number of pyridine rings is 1. The summed E-state index contributed by atoms with van der Waals surface area (Å²) >= 11 is 0. The van der Waals surface area contributed by atoms with Crippen LogP contribution in [0.2, 0.25) is 0 Å². The molecule has 0 bridgehead atoms. The number of hydrogen-bond acceptors (Lipinski definition) is 4. The van der Waals surface area contributed by atoms with Crippen LogP contribution < -0.4 is 16.8 Å². The van der Waals surface area contributed by atoms with Crippen LogP contribution in [-0.4, -0.2) is 10.9 Å². The van der Waals surface area contributed by atoms with Crippen LogP contribution in [0, 0.1) is 0 Å². The second kappa shape index (κ2) is 5.13. The van der Waals surface area contributed by atoms with Crippen molar-refractivity contribution in [2.75, 3.05) is 11.1 Å². The first-order valence-electron chi connectivity index (χ1n) is 6.46. The number of nitrogens with zero attached hydrogens (tertiary/aromatic N) is 1. The highest BCUT2D eigenvalue weighted by Gasteiger charge is 2.10. The predicted molar refractivity (Wildman–Crippen MR) is 84.4 cm³/mol. The average Bonchev–Trinajstić information content (AvgIpc) is 2.49. The van der Waals surface area contributed by atoms with Gasteiger partial charge in [-0.05, 0) is 24.3 Å². The summed E-state index contributed by atoms with van der Waals surface area (Å²) in [6.07, 6.45) is 1.73. The van der Waals surface area contributed by atoms with Crippen LogP contribution in [0.25, 0.3) is 10.9 Å².